The van der Waals surface area contributed by atoms with Gasteiger partial charge in [0.15, 0.2) is 4.77 Å². The quantitative estimate of drug-likeness (QED) is 0.652. The van der Waals surface area contributed by atoms with Gasteiger partial charge in [-0.05, 0) is 37.4 Å². The van der Waals surface area contributed by atoms with E-state index in [1.807, 2.05) is 4.57 Å². The number of esters is 1. The van der Waals surface area contributed by atoms with E-state index in [0.717, 1.165) is 12.8 Å². The van der Waals surface area contributed by atoms with Crippen molar-refractivity contribution in [3.63, 3.8) is 0 Å². The highest BCUT2D eigenvalue weighted by atomic mass is 32.1. The fraction of sp³-hybridized carbons (Fsp3) is 0.733. The predicted octanol–water partition coefficient (Wildman–Crippen LogP) is 4.25. The smallest absolute Gasteiger partial charge is 0.356 e. The van der Waals surface area contributed by atoms with E-state index in [9.17, 15) is 4.79 Å². The fourth-order valence-electron chi connectivity index (χ4n) is 3.36. The summed E-state index contributed by atoms with van der Waals surface area (Å²) in [6, 6.07) is 0.313. The molecular weight excluding hydrogens is 272 g/mol. The minimum absolute atomic E-state index is 0.311. The molecule has 1 heterocycles. The van der Waals surface area contributed by atoms with E-state index >= 15 is 0 Å². The molecule has 5 heteroatoms. The molecule has 112 valence electrons. The summed E-state index contributed by atoms with van der Waals surface area (Å²) < 4.78 is 7.51. The molecule has 1 aliphatic carbocycles. The molecule has 0 amide bonds. The number of nitrogens with one attached hydrogen (secondary N) is 1. The van der Waals surface area contributed by atoms with E-state index in [4.69, 9.17) is 17.0 Å². The molecule has 1 aliphatic rings. The zero-order valence-electron chi connectivity index (χ0n) is 12.4. The van der Waals surface area contributed by atoms with E-state index in [1.165, 1.54) is 39.2 Å². The molecule has 0 aromatic carbocycles. The van der Waals surface area contributed by atoms with E-state index in [0.29, 0.717) is 22.4 Å². The lowest BCUT2D eigenvalue weighted by atomic mass is 9.82. The second-order valence-electron chi connectivity index (χ2n) is 5.59. The van der Waals surface area contributed by atoms with Crippen LogP contribution in [-0.2, 0) is 4.74 Å². The first kappa shape index (κ1) is 15.3. The minimum atomic E-state index is -0.311. The zero-order chi connectivity index (χ0) is 14.5. The van der Waals surface area contributed by atoms with Gasteiger partial charge in [0.2, 0.25) is 0 Å². The van der Waals surface area contributed by atoms with Crippen molar-refractivity contribution in [1.29, 1.82) is 0 Å². The van der Waals surface area contributed by atoms with E-state index < -0.39 is 0 Å². The number of hydrogen-bond donors (Lipinski definition) is 1. The maximum absolute atomic E-state index is 11.9. The number of ether oxygens (including phenoxy) is 1. The second-order valence-corrected chi connectivity index (χ2v) is 5.98. The molecule has 0 radical (unpaired) electrons. The molecule has 0 saturated heterocycles. The summed E-state index contributed by atoms with van der Waals surface area (Å²) in [5.74, 6) is 0.309. The van der Waals surface area contributed by atoms with Crippen molar-refractivity contribution >= 4 is 18.2 Å². The Labute approximate surface area is 125 Å². The summed E-state index contributed by atoms with van der Waals surface area (Å²) in [4.78, 5) is 14.9. The lowest BCUT2D eigenvalue weighted by Crippen LogP contribution is -2.25. The molecule has 4 nitrogen and oxygen atoms in total. The van der Waals surface area contributed by atoms with Crippen molar-refractivity contribution in [2.75, 3.05) is 7.11 Å². The summed E-state index contributed by atoms with van der Waals surface area (Å²) in [5, 5.41) is 0. The molecule has 0 spiro atoms. The molecule has 1 saturated carbocycles. The van der Waals surface area contributed by atoms with Crippen LogP contribution in [0.4, 0.5) is 0 Å². The number of imidazole rings is 1. The Balaban J connectivity index is 2.35. The molecule has 1 N–H and O–H groups in total. The van der Waals surface area contributed by atoms with Gasteiger partial charge in [-0.25, -0.2) is 4.79 Å². The topological polar surface area (TPSA) is 47.0 Å². The van der Waals surface area contributed by atoms with Gasteiger partial charge in [-0.3, -0.25) is 0 Å². The highest BCUT2D eigenvalue weighted by Crippen LogP contribution is 2.36. The van der Waals surface area contributed by atoms with Crippen LogP contribution in [0.15, 0.2) is 6.20 Å². The fourth-order valence-corrected chi connectivity index (χ4v) is 3.65. The van der Waals surface area contributed by atoms with Gasteiger partial charge < -0.3 is 14.3 Å². The lowest BCUT2D eigenvalue weighted by Gasteiger charge is -2.32. The number of H-pyrrole nitrogens is 1. The lowest BCUT2D eigenvalue weighted by molar-refractivity contribution is 0.0580. The SMILES string of the molecule is CCCC(C1CCCCC1)n1c(C(=O)OC)c[nH]c1=S. The Bertz CT molecular complexity index is 500. The number of nitrogens with zero attached hydrogens (tertiary/aromatic N) is 1. The van der Waals surface area contributed by atoms with Gasteiger partial charge >= 0.3 is 5.97 Å². The number of carbonyl (C=O) groups is 1. The van der Waals surface area contributed by atoms with Crippen molar-refractivity contribution in [3.05, 3.63) is 16.7 Å². The third-order valence-corrected chi connectivity index (χ3v) is 4.63. The Morgan fingerprint density at radius 3 is 2.80 bits per heavy atom. The van der Waals surface area contributed by atoms with Gasteiger partial charge in [-0.2, -0.15) is 0 Å². The number of aromatic amines is 1. The van der Waals surface area contributed by atoms with Crippen LogP contribution in [0.3, 0.4) is 0 Å². The van der Waals surface area contributed by atoms with Gasteiger partial charge in [0.25, 0.3) is 0 Å². The molecule has 0 bridgehead atoms. The normalized spacial score (nSPS) is 17.9. The highest BCUT2D eigenvalue weighted by molar-refractivity contribution is 7.71. The van der Waals surface area contributed by atoms with Crippen LogP contribution in [0.1, 0.15) is 68.4 Å². The first-order chi connectivity index (χ1) is 9.69. The van der Waals surface area contributed by atoms with E-state index in [1.54, 1.807) is 6.20 Å². The molecule has 1 aromatic rings. The third kappa shape index (κ3) is 3.14. The van der Waals surface area contributed by atoms with Crippen LogP contribution in [0.2, 0.25) is 0 Å². The van der Waals surface area contributed by atoms with Gasteiger partial charge in [0.05, 0.1) is 7.11 Å². The van der Waals surface area contributed by atoms with Crippen LogP contribution in [0.5, 0.6) is 0 Å². The molecule has 1 fully saturated rings. The Morgan fingerprint density at radius 1 is 1.50 bits per heavy atom. The second kappa shape index (κ2) is 7.07. The van der Waals surface area contributed by atoms with E-state index in [2.05, 4.69) is 11.9 Å². The number of carbonyl (C=O) groups excluding carboxylic acids is 1. The summed E-state index contributed by atoms with van der Waals surface area (Å²) in [7, 11) is 1.41. The Kier molecular flexibility index (Phi) is 5.40. The van der Waals surface area contributed by atoms with Crippen LogP contribution in [0.25, 0.3) is 0 Å². The minimum Gasteiger partial charge on any atom is -0.464 e. The van der Waals surface area contributed by atoms with Crippen LogP contribution in [0, 0.1) is 10.7 Å². The van der Waals surface area contributed by atoms with Crippen LogP contribution in [-0.4, -0.2) is 22.6 Å². The number of aromatic nitrogens is 2. The summed E-state index contributed by atoms with van der Waals surface area (Å²) in [6.07, 6.45) is 10.2. The standard InChI is InChI=1S/C15H24N2O2S/c1-3-7-12(11-8-5-4-6-9-11)17-13(14(18)19-2)10-16-15(17)20/h10-12H,3-9H2,1-2H3,(H,16,20). The zero-order valence-corrected chi connectivity index (χ0v) is 13.2. The average Bonchev–Trinajstić information content (AvgIpc) is 2.86. The molecule has 0 aliphatic heterocycles. The van der Waals surface area contributed by atoms with Crippen molar-refractivity contribution in [1.82, 2.24) is 9.55 Å². The maximum atomic E-state index is 11.9. The predicted molar refractivity (Wildman–Crippen MR) is 81.5 cm³/mol. The molecule has 1 aromatic heterocycles. The molecule has 1 atom stereocenters. The first-order valence-corrected chi connectivity index (χ1v) is 7.98. The maximum Gasteiger partial charge on any atom is 0.356 e. The summed E-state index contributed by atoms with van der Waals surface area (Å²) >= 11 is 5.40. The van der Waals surface area contributed by atoms with Crippen molar-refractivity contribution in [2.45, 2.75) is 57.9 Å². The monoisotopic (exact) mass is 296 g/mol. The largest absolute Gasteiger partial charge is 0.464 e. The van der Waals surface area contributed by atoms with Crippen molar-refractivity contribution < 1.29 is 9.53 Å². The Morgan fingerprint density at radius 2 is 2.20 bits per heavy atom. The van der Waals surface area contributed by atoms with Gasteiger partial charge in [0, 0.05) is 12.2 Å². The third-order valence-electron chi connectivity index (χ3n) is 4.32. The Hall–Kier alpha value is -1.10. The van der Waals surface area contributed by atoms with Gasteiger partial charge in [0.1, 0.15) is 5.69 Å². The molecular formula is C15H24N2O2S. The molecule has 20 heavy (non-hydrogen) atoms. The van der Waals surface area contributed by atoms with Crippen LogP contribution >= 0.6 is 12.2 Å². The van der Waals surface area contributed by atoms with E-state index in [-0.39, 0.29) is 5.97 Å². The van der Waals surface area contributed by atoms with Crippen molar-refractivity contribution in [3.8, 4) is 0 Å². The number of methoxy groups -OCH3 is 1. The van der Waals surface area contributed by atoms with Gasteiger partial charge in [-0.15, -0.1) is 0 Å². The first-order valence-electron chi connectivity index (χ1n) is 7.57. The average molecular weight is 296 g/mol. The molecule has 1 unspecified atom stereocenters. The summed E-state index contributed by atoms with van der Waals surface area (Å²) in [6.45, 7) is 2.18. The summed E-state index contributed by atoms with van der Waals surface area (Å²) in [5.41, 5.74) is 0.557. The highest BCUT2D eigenvalue weighted by Gasteiger charge is 2.28. The van der Waals surface area contributed by atoms with Crippen LogP contribution < -0.4 is 0 Å². The number of rotatable bonds is 5. The molecule has 2 rings (SSSR count). The van der Waals surface area contributed by atoms with Crippen molar-refractivity contribution in [2.24, 2.45) is 5.92 Å². The van der Waals surface area contributed by atoms with Gasteiger partial charge in [-0.1, -0.05) is 32.6 Å². The number of hydrogen-bond acceptors (Lipinski definition) is 3.